The Hall–Kier alpha value is -0.650. The maximum absolute atomic E-state index is 9.29. The van der Waals surface area contributed by atoms with Crippen LogP contribution >= 0.6 is 11.8 Å². The Morgan fingerprint density at radius 3 is 2.61 bits per heavy atom. The summed E-state index contributed by atoms with van der Waals surface area (Å²) in [5, 5.41) is 13.6. The monoisotopic (exact) mass is 267 g/mol. The second-order valence-corrected chi connectivity index (χ2v) is 5.95. The zero-order valence-corrected chi connectivity index (χ0v) is 11.8. The van der Waals surface area contributed by atoms with Crippen LogP contribution in [0, 0.1) is 13.8 Å². The predicted molar refractivity (Wildman–Crippen MR) is 73.9 cm³/mol. The molecule has 1 aliphatic carbocycles. The number of thioether (sulfide) groups is 1. The molecule has 1 saturated carbocycles. The van der Waals surface area contributed by atoms with E-state index in [1.54, 1.807) is 11.8 Å². The third-order valence-corrected chi connectivity index (χ3v) is 3.81. The van der Waals surface area contributed by atoms with Crippen LogP contribution in [0.15, 0.2) is 11.2 Å². The van der Waals surface area contributed by atoms with Crippen molar-refractivity contribution in [3.63, 3.8) is 0 Å². The molecule has 2 rings (SSSR count). The molecule has 2 N–H and O–H groups in total. The molecule has 1 aromatic rings. The molecule has 1 fully saturated rings. The Morgan fingerprint density at radius 2 is 2.06 bits per heavy atom. The second kappa shape index (κ2) is 6.50. The molecule has 0 bridgehead atoms. The number of aromatic nitrogens is 2. The highest BCUT2D eigenvalue weighted by atomic mass is 32.2. The molecule has 1 atom stereocenters. The second-order valence-electron chi connectivity index (χ2n) is 4.89. The van der Waals surface area contributed by atoms with Crippen molar-refractivity contribution in [1.82, 2.24) is 15.3 Å². The van der Waals surface area contributed by atoms with Crippen molar-refractivity contribution < 1.29 is 5.11 Å². The fraction of sp³-hybridized carbons (Fsp3) is 0.692. The van der Waals surface area contributed by atoms with E-state index in [4.69, 9.17) is 0 Å². The number of rotatable bonds is 7. The summed E-state index contributed by atoms with van der Waals surface area (Å²) in [6.07, 6.45) is 3.46. The first-order valence-electron chi connectivity index (χ1n) is 6.49. The number of aliphatic hydroxyl groups is 1. The van der Waals surface area contributed by atoms with Gasteiger partial charge in [0.1, 0.15) is 0 Å². The number of hydrogen-bond donors (Lipinski definition) is 2. The molecule has 5 heteroatoms. The molecule has 0 saturated heterocycles. The van der Waals surface area contributed by atoms with Gasteiger partial charge in [0.25, 0.3) is 0 Å². The Labute approximate surface area is 113 Å². The van der Waals surface area contributed by atoms with Crippen molar-refractivity contribution >= 4 is 11.8 Å². The van der Waals surface area contributed by atoms with Crippen LogP contribution in [0.4, 0.5) is 0 Å². The predicted octanol–water partition coefficient (Wildman–Crippen LogP) is 1.69. The molecule has 0 aliphatic heterocycles. The lowest BCUT2D eigenvalue weighted by Crippen LogP contribution is -2.34. The molecule has 4 nitrogen and oxygen atoms in total. The van der Waals surface area contributed by atoms with Gasteiger partial charge in [-0.2, -0.15) is 0 Å². The Morgan fingerprint density at radius 1 is 1.39 bits per heavy atom. The average molecular weight is 267 g/mol. The molecule has 100 valence electrons. The molecule has 1 heterocycles. The van der Waals surface area contributed by atoms with Crippen LogP contribution in [0.3, 0.4) is 0 Å². The van der Waals surface area contributed by atoms with Gasteiger partial charge in [-0.1, -0.05) is 11.8 Å². The minimum atomic E-state index is 0.213. The number of hydrogen-bond acceptors (Lipinski definition) is 5. The highest BCUT2D eigenvalue weighted by Crippen LogP contribution is 2.21. The maximum atomic E-state index is 9.29. The van der Waals surface area contributed by atoms with Crippen molar-refractivity contribution in [2.45, 2.75) is 50.4 Å². The van der Waals surface area contributed by atoms with Crippen LogP contribution in [0.5, 0.6) is 0 Å². The van der Waals surface area contributed by atoms with E-state index in [0.29, 0.717) is 6.04 Å². The summed E-state index contributed by atoms with van der Waals surface area (Å²) in [5.74, 6) is 0.938. The molecule has 0 radical (unpaired) electrons. The van der Waals surface area contributed by atoms with Crippen LogP contribution in [0.1, 0.15) is 30.7 Å². The van der Waals surface area contributed by atoms with Crippen molar-refractivity contribution in [3.05, 3.63) is 17.5 Å². The number of aryl methyl sites for hydroxylation is 2. The maximum Gasteiger partial charge on any atom is 0.187 e. The van der Waals surface area contributed by atoms with Crippen molar-refractivity contribution in [3.8, 4) is 0 Å². The van der Waals surface area contributed by atoms with E-state index in [0.717, 1.165) is 28.7 Å². The van der Waals surface area contributed by atoms with Gasteiger partial charge < -0.3 is 10.4 Å². The molecule has 0 aromatic carbocycles. The quantitative estimate of drug-likeness (QED) is 0.581. The van der Waals surface area contributed by atoms with Crippen molar-refractivity contribution in [1.29, 1.82) is 0 Å². The van der Waals surface area contributed by atoms with E-state index >= 15 is 0 Å². The summed E-state index contributed by atoms with van der Waals surface area (Å²) in [7, 11) is 0. The van der Waals surface area contributed by atoms with Gasteiger partial charge in [0, 0.05) is 29.2 Å². The fourth-order valence-electron chi connectivity index (χ4n) is 1.86. The number of nitrogens with one attached hydrogen (secondary N) is 1. The molecule has 1 unspecified atom stereocenters. The normalized spacial score (nSPS) is 16.8. The minimum Gasteiger partial charge on any atom is -0.395 e. The van der Waals surface area contributed by atoms with E-state index in [1.807, 2.05) is 19.9 Å². The summed E-state index contributed by atoms with van der Waals surface area (Å²) in [6, 6.07) is 2.84. The van der Waals surface area contributed by atoms with Gasteiger partial charge in [-0.3, -0.25) is 0 Å². The molecular weight excluding hydrogens is 246 g/mol. The molecule has 0 amide bonds. The van der Waals surface area contributed by atoms with Crippen LogP contribution in [-0.2, 0) is 0 Å². The Balaban J connectivity index is 1.75. The zero-order valence-electron chi connectivity index (χ0n) is 11.0. The van der Waals surface area contributed by atoms with Crippen LogP contribution in [0.2, 0.25) is 0 Å². The number of nitrogens with zero attached hydrogens (tertiary/aromatic N) is 2. The van der Waals surface area contributed by atoms with E-state index < -0.39 is 0 Å². The molecule has 1 aliphatic rings. The molecular formula is C13H21N3OS. The summed E-state index contributed by atoms with van der Waals surface area (Å²) in [4.78, 5) is 8.80. The lowest BCUT2D eigenvalue weighted by molar-refractivity contribution is 0.238. The van der Waals surface area contributed by atoms with Gasteiger partial charge in [0.15, 0.2) is 5.16 Å². The first-order valence-corrected chi connectivity index (χ1v) is 7.48. The largest absolute Gasteiger partial charge is 0.395 e. The first kappa shape index (κ1) is 13.8. The smallest absolute Gasteiger partial charge is 0.187 e. The summed E-state index contributed by atoms with van der Waals surface area (Å²) < 4.78 is 0. The van der Waals surface area contributed by atoms with Crippen LogP contribution in [0.25, 0.3) is 0 Å². The lowest BCUT2D eigenvalue weighted by atomic mass is 10.2. The minimum absolute atomic E-state index is 0.213. The average Bonchev–Trinajstić information content (AvgIpc) is 3.10. The fourth-order valence-corrected chi connectivity index (χ4v) is 2.86. The molecule has 1 aromatic heterocycles. The Kier molecular flexibility index (Phi) is 4.97. The first-order chi connectivity index (χ1) is 8.67. The van der Waals surface area contributed by atoms with Crippen LogP contribution < -0.4 is 5.32 Å². The summed E-state index contributed by atoms with van der Waals surface area (Å²) >= 11 is 1.67. The van der Waals surface area contributed by atoms with Gasteiger partial charge in [0.2, 0.25) is 0 Å². The van der Waals surface area contributed by atoms with E-state index in [1.165, 1.54) is 12.8 Å². The van der Waals surface area contributed by atoms with Gasteiger partial charge in [0.05, 0.1) is 6.61 Å². The summed E-state index contributed by atoms with van der Waals surface area (Å²) in [5.41, 5.74) is 2.03. The molecule has 0 spiro atoms. The van der Waals surface area contributed by atoms with E-state index in [9.17, 15) is 5.11 Å². The highest BCUT2D eigenvalue weighted by molar-refractivity contribution is 7.99. The number of aliphatic hydroxyl groups excluding tert-OH is 1. The highest BCUT2D eigenvalue weighted by Gasteiger charge is 2.23. The lowest BCUT2D eigenvalue weighted by Gasteiger charge is -2.15. The van der Waals surface area contributed by atoms with E-state index in [-0.39, 0.29) is 12.6 Å². The Bertz CT molecular complexity index is 376. The topological polar surface area (TPSA) is 58.0 Å². The van der Waals surface area contributed by atoms with Crippen molar-refractivity contribution in [2.24, 2.45) is 0 Å². The summed E-state index contributed by atoms with van der Waals surface area (Å²) in [6.45, 7) is 4.19. The van der Waals surface area contributed by atoms with Gasteiger partial charge >= 0.3 is 0 Å². The van der Waals surface area contributed by atoms with Gasteiger partial charge in [-0.15, -0.1) is 0 Å². The zero-order chi connectivity index (χ0) is 13.0. The van der Waals surface area contributed by atoms with Gasteiger partial charge in [-0.05, 0) is 39.2 Å². The standard InChI is InChI=1S/C13H21N3OS/c1-9-7-10(2)15-13(14-9)18-6-5-12(8-17)16-11-3-4-11/h7,11-12,16-17H,3-6,8H2,1-2H3. The van der Waals surface area contributed by atoms with Gasteiger partial charge in [-0.25, -0.2) is 9.97 Å². The SMILES string of the molecule is Cc1cc(C)nc(SCCC(CO)NC2CC2)n1. The third-order valence-electron chi connectivity index (χ3n) is 2.93. The van der Waals surface area contributed by atoms with E-state index in [2.05, 4.69) is 15.3 Å². The van der Waals surface area contributed by atoms with Crippen molar-refractivity contribution in [2.75, 3.05) is 12.4 Å². The molecule has 18 heavy (non-hydrogen) atoms. The van der Waals surface area contributed by atoms with Crippen LogP contribution in [-0.4, -0.2) is 39.5 Å². The third kappa shape index (κ3) is 4.55.